The van der Waals surface area contributed by atoms with Gasteiger partial charge in [-0.3, -0.25) is 0 Å². The van der Waals surface area contributed by atoms with Crippen LogP contribution < -0.4 is 9.46 Å². The third-order valence-electron chi connectivity index (χ3n) is 3.85. The van der Waals surface area contributed by atoms with E-state index in [1.165, 1.54) is 25.3 Å². The molecule has 0 radical (unpaired) electrons. The highest BCUT2D eigenvalue weighted by atomic mass is 35.5. The maximum atomic E-state index is 12.4. The minimum Gasteiger partial charge on any atom is -0.495 e. The van der Waals surface area contributed by atoms with Crippen LogP contribution in [0.4, 0.5) is 0 Å². The molecule has 0 aliphatic rings. The van der Waals surface area contributed by atoms with Gasteiger partial charge in [-0.25, -0.2) is 13.1 Å². The zero-order chi connectivity index (χ0) is 18.0. The molecule has 0 unspecified atom stereocenters. The van der Waals surface area contributed by atoms with Crippen molar-refractivity contribution in [3.8, 4) is 5.75 Å². The monoisotopic (exact) mass is 398 g/mol. The van der Waals surface area contributed by atoms with Crippen LogP contribution in [0.2, 0.25) is 10.0 Å². The van der Waals surface area contributed by atoms with Crippen molar-refractivity contribution in [1.82, 2.24) is 9.71 Å². The van der Waals surface area contributed by atoms with E-state index in [0.717, 1.165) is 16.5 Å². The van der Waals surface area contributed by atoms with Gasteiger partial charge in [0.15, 0.2) is 0 Å². The van der Waals surface area contributed by atoms with E-state index in [2.05, 4.69) is 9.71 Å². The molecule has 3 aromatic rings. The van der Waals surface area contributed by atoms with E-state index in [1.807, 2.05) is 18.3 Å². The summed E-state index contributed by atoms with van der Waals surface area (Å²) >= 11 is 12.0. The fourth-order valence-electron chi connectivity index (χ4n) is 2.58. The highest BCUT2D eigenvalue weighted by molar-refractivity contribution is 7.89. The van der Waals surface area contributed by atoms with Crippen molar-refractivity contribution in [2.75, 3.05) is 13.7 Å². The van der Waals surface area contributed by atoms with Crippen molar-refractivity contribution in [2.24, 2.45) is 0 Å². The summed E-state index contributed by atoms with van der Waals surface area (Å²) in [5.41, 5.74) is 1.96. The maximum absolute atomic E-state index is 12.4. The van der Waals surface area contributed by atoms with Crippen LogP contribution in [-0.2, 0) is 16.4 Å². The van der Waals surface area contributed by atoms with Gasteiger partial charge in [0.05, 0.1) is 17.0 Å². The quantitative estimate of drug-likeness (QED) is 0.658. The molecule has 2 N–H and O–H groups in total. The minimum atomic E-state index is -3.65. The smallest absolute Gasteiger partial charge is 0.240 e. The lowest BCUT2D eigenvalue weighted by Gasteiger charge is -2.09. The van der Waals surface area contributed by atoms with Gasteiger partial charge < -0.3 is 9.72 Å². The van der Waals surface area contributed by atoms with Gasteiger partial charge in [-0.1, -0.05) is 23.2 Å². The summed E-state index contributed by atoms with van der Waals surface area (Å²) in [4.78, 5) is 3.25. The summed E-state index contributed by atoms with van der Waals surface area (Å²) in [5.74, 6) is 0.427. The molecule has 8 heteroatoms. The Labute approximate surface area is 156 Å². The molecule has 0 atom stereocenters. The summed E-state index contributed by atoms with van der Waals surface area (Å²) in [6.45, 7) is 0.255. The Morgan fingerprint density at radius 2 is 1.96 bits per heavy atom. The number of nitrogens with one attached hydrogen (secondary N) is 2. The number of ether oxygens (including phenoxy) is 1. The van der Waals surface area contributed by atoms with Crippen molar-refractivity contribution in [2.45, 2.75) is 11.3 Å². The number of aromatic amines is 1. The van der Waals surface area contributed by atoms with Crippen LogP contribution in [0.25, 0.3) is 10.9 Å². The lowest BCUT2D eigenvalue weighted by atomic mass is 10.1. The van der Waals surface area contributed by atoms with E-state index in [-0.39, 0.29) is 16.5 Å². The number of sulfonamides is 1. The van der Waals surface area contributed by atoms with E-state index in [1.54, 1.807) is 6.07 Å². The second-order valence-electron chi connectivity index (χ2n) is 5.45. The van der Waals surface area contributed by atoms with Gasteiger partial charge in [0.1, 0.15) is 5.75 Å². The Morgan fingerprint density at radius 1 is 1.16 bits per heavy atom. The Kier molecular flexibility index (Phi) is 5.24. The first-order valence-electron chi connectivity index (χ1n) is 7.49. The molecule has 1 aromatic heterocycles. The number of methoxy groups -OCH3 is 1. The van der Waals surface area contributed by atoms with Crippen LogP contribution in [0.3, 0.4) is 0 Å². The summed E-state index contributed by atoms with van der Waals surface area (Å²) in [7, 11) is -2.18. The molecule has 1 heterocycles. The van der Waals surface area contributed by atoms with Crippen LogP contribution in [0.1, 0.15) is 5.56 Å². The van der Waals surface area contributed by atoms with Gasteiger partial charge in [0, 0.05) is 28.7 Å². The van der Waals surface area contributed by atoms with Gasteiger partial charge in [-0.2, -0.15) is 0 Å². The molecule has 132 valence electrons. The van der Waals surface area contributed by atoms with Crippen LogP contribution in [-0.4, -0.2) is 27.1 Å². The Hall–Kier alpha value is -1.73. The summed E-state index contributed by atoms with van der Waals surface area (Å²) < 4.78 is 32.4. The molecule has 2 aromatic carbocycles. The van der Waals surface area contributed by atoms with Gasteiger partial charge >= 0.3 is 0 Å². The molecular formula is C17H16Cl2N2O3S. The van der Waals surface area contributed by atoms with Crippen LogP contribution in [0.15, 0.2) is 47.5 Å². The molecule has 0 saturated heterocycles. The molecule has 0 bridgehead atoms. The third-order valence-corrected chi connectivity index (χ3v) is 5.84. The van der Waals surface area contributed by atoms with Crippen LogP contribution >= 0.6 is 23.2 Å². The number of rotatable bonds is 6. The second-order valence-corrected chi connectivity index (χ2v) is 8.06. The van der Waals surface area contributed by atoms with Crippen LogP contribution in [0, 0.1) is 0 Å². The second kappa shape index (κ2) is 7.25. The number of aromatic nitrogens is 1. The minimum absolute atomic E-state index is 0.0975. The first-order chi connectivity index (χ1) is 11.9. The van der Waals surface area contributed by atoms with Gasteiger partial charge in [-0.15, -0.1) is 0 Å². The largest absolute Gasteiger partial charge is 0.495 e. The molecule has 0 amide bonds. The van der Waals surface area contributed by atoms with Crippen molar-refractivity contribution < 1.29 is 13.2 Å². The Balaban J connectivity index is 1.72. The van der Waals surface area contributed by atoms with Crippen molar-refractivity contribution >= 4 is 44.1 Å². The fraction of sp³-hybridized carbons (Fsp3) is 0.176. The molecule has 0 fully saturated rings. The number of fused-ring (bicyclic) bond motifs is 1. The first-order valence-corrected chi connectivity index (χ1v) is 9.73. The zero-order valence-corrected chi connectivity index (χ0v) is 15.7. The van der Waals surface area contributed by atoms with Crippen molar-refractivity contribution in [1.29, 1.82) is 0 Å². The van der Waals surface area contributed by atoms with Gasteiger partial charge in [0.2, 0.25) is 10.0 Å². The average Bonchev–Trinajstić information content (AvgIpc) is 2.97. The van der Waals surface area contributed by atoms with Crippen molar-refractivity contribution in [3.63, 3.8) is 0 Å². The fourth-order valence-corrected chi connectivity index (χ4v) is 4.13. The molecule has 25 heavy (non-hydrogen) atoms. The van der Waals surface area contributed by atoms with Crippen LogP contribution in [0.5, 0.6) is 5.75 Å². The van der Waals surface area contributed by atoms with E-state index >= 15 is 0 Å². The summed E-state index contributed by atoms with van der Waals surface area (Å²) in [5, 5.41) is 1.87. The topological polar surface area (TPSA) is 71.2 Å². The maximum Gasteiger partial charge on any atom is 0.240 e. The summed E-state index contributed by atoms with van der Waals surface area (Å²) in [6.07, 6.45) is 2.39. The predicted molar refractivity (Wildman–Crippen MR) is 100 cm³/mol. The molecule has 5 nitrogen and oxygen atoms in total. The molecular weight excluding hydrogens is 383 g/mol. The van der Waals surface area contributed by atoms with Gasteiger partial charge in [0.25, 0.3) is 0 Å². The summed E-state index contributed by atoms with van der Waals surface area (Å²) in [6, 6.07) is 9.91. The third kappa shape index (κ3) is 3.93. The molecule has 0 aliphatic heterocycles. The number of benzene rings is 2. The number of halogens is 2. The molecule has 3 rings (SSSR count). The standard InChI is InChI=1S/C17H16Cl2N2O3S/c1-24-17-5-3-13(9-15(17)19)25(22,23)21-7-6-11-10-20-16-4-2-12(18)8-14(11)16/h2-5,8-10,20-21H,6-7H2,1H3. The Bertz CT molecular complexity index is 1020. The lowest BCUT2D eigenvalue weighted by Crippen LogP contribution is -2.26. The number of H-pyrrole nitrogens is 1. The normalized spacial score (nSPS) is 11.8. The molecule has 0 saturated carbocycles. The van der Waals surface area contributed by atoms with Gasteiger partial charge in [-0.05, 0) is 48.4 Å². The number of hydrogen-bond acceptors (Lipinski definition) is 3. The van der Waals surface area contributed by atoms with Crippen molar-refractivity contribution in [3.05, 3.63) is 58.2 Å². The number of hydrogen-bond donors (Lipinski definition) is 2. The van der Waals surface area contributed by atoms with E-state index < -0.39 is 10.0 Å². The SMILES string of the molecule is COc1ccc(S(=O)(=O)NCCc2c[nH]c3ccc(Cl)cc23)cc1Cl. The van der Waals surface area contributed by atoms with E-state index in [0.29, 0.717) is 17.2 Å². The lowest BCUT2D eigenvalue weighted by molar-refractivity contribution is 0.414. The van der Waals surface area contributed by atoms with E-state index in [9.17, 15) is 8.42 Å². The highest BCUT2D eigenvalue weighted by Crippen LogP contribution is 2.27. The molecule has 0 aliphatic carbocycles. The Morgan fingerprint density at radius 3 is 2.68 bits per heavy atom. The first kappa shape index (κ1) is 18.1. The molecule has 0 spiro atoms. The predicted octanol–water partition coefficient (Wildman–Crippen LogP) is 4.00. The highest BCUT2D eigenvalue weighted by Gasteiger charge is 2.16. The van der Waals surface area contributed by atoms with E-state index in [4.69, 9.17) is 27.9 Å². The average molecular weight is 399 g/mol. The zero-order valence-electron chi connectivity index (χ0n) is 13.3.